The second kappa shape index (κ2) is 21.4. The molecule has 2 rings (SSSR count). The summed E-state index contributed by atoms with van der Waals surface area (Å²) in [6, 6.07) is 10.7. The zero-order valence-electron chi connectivity index (χ0n) is 28.5. The first-order chi connectivity index (χ1) is 23.7. The second-order valence-electron chi connectivity index (χ2n) is 11.0. The molecule has 272 valence electrons. The molecule has 0 aliphatic carbocycles. The van der Waals surface area contributed by atoms with Crippen LogP contribution in [0.3, 0.4) is 0 Å². The number of ether oxygens (including phenoxy) is 8. The van der Waals surface area contributed by atoms with Crippen molar-refractivity contribution in [1.82, 2.24) is 0 Å². The molecule has 0 fully saturated rings. The third-order valence-electron chi connectivity index (χ3n) is 6.41. The number of carboxylic acids is 1. The van der Waals surface area contributed by atoms with E-state index >= 15 is 0 Å². The summed E-state index contributed by atoms with van der Waals surface area (Å²) in [4.78, 5) is 69.6. The van der Waals surface area contributed by atoms with Gasteiger partial charge in [-0.2, -0.15) is 0 Å². The molecule has 0 aliphatic rings. The van der Waals surface area contributed by atoms with Gasteiger partial charge in [0.05, 0.1) is 13.2 Å². The summed E-state index contributed by atoms with van der Waals surface area (Å²) < 4.78 is 41.1. The zero-order chi connectivity index (χ0) is 37.1. The summed E-state index contributed by atoms with van der Waals surface area (Å²) in [5, 5.41) is 8.73. The molecule has 0 spiro atoms. The first-order valence-corrected chi connectivity index (χ1v) is 15.8. The molecule has 50 heavy (non-hydrogen) atoms. The van der Waals surface area contributed by atoms with Crippen molar-refractivity contribution in [1.29, 1.82) is 0 Å². The van der Waals surface area contributed by atoms with Crippen LogP contribution in [0.25, 0.3) is 12.2 Å². The monoisotopic (exact) mass is 702 g/mol. The van der Waals surface area contributed by atoms with Crippen molar-refractivity contribution >= 4 is 48.5 Å². The Morgan fingerprint density at radius 1 is 0.600 bits per heavy atom. The van der Waals surface area contributed by atoms with Crippen molar-refractivity contribution in [3.05, 3.63) is 53.6 Å². The van der Waals surface area contributed by atoms with Crippen LogP contribution >= 0.6 is 0 Å². The van der Waals surface area contributed by atoms with E-state index in [4.69, 9.17) is 43.0 Å². The molecule has 0 radical (unpaired) electrons. The zero-order valence-corrected chi connectivity index (χ0v) is 28.5. The van der Waals surface area contributed by atoms with Gasteiger partial charge in [-0.25, -0.2) is 14.4 Å². The lowest BCUT2D eigenvalue weighted by Crippen LogP contribution is -2.21. The molecular formula is C35H42O15. The summed E-state index contributed by atoms with van der Waals surface area (Å²) in [6.45, 7) is 7.47. The van der Waals surface area contributed by atoms with Crippen LogP contribution in [-0.2, 0) is 38.1 Å². The van der Waals surface area contributed by atoms with Gasteiger partial charge in [-0.3, -0.25) is 14.4 Å². The maximum absolute atomic E-state index is 12.5. The fourth-order valence-corrected chi connectivity index (χ4v) is 3.96. The highest BCUT2D eigenvalue weighted by molar-refractivity contribution is 5.74. The average molecular weight is 703 g/mol. The van der Waals surface area contributed by atoms with Crippen LogP contribution in [0.15, 0.2) is 42.5 Å². The quantitative estimate of drug-likeness (QED) is 0.0742. The van der Waals surface area contributed by atoms with Crippen LogP contribution in [0.4, 0.5) is 14.4 Å². The molecule has 3 unspecified atom stereocenters. The molecule has 0 aromatic heterocycles. The Hall–Kier alpha value is -5.60. The topological polar surface area (TPSA) is 196 Å². The van der Waals surface area contributed by atoms with Gasteiger partial charge >= 0.3 is 36.4 Å². The minimum atomic E-state index is -1.04. The Morgan fingerprint density at radius 3 is 1.46 bits per heavy atom. The number of hydrogen-bond acceptors (Lipinski definition) is 14. The molecule has 1 N–H and O–H groups in total. The molecule has 0 aliphatic heterocycles. The summed E-state index contributed by atoms with van der Waals surface area (Å²) in [6.07, 6.45) is -0.269. The number of carboxylic acid groups (broad SMARTS) is 1. The van der Waals surface area contributed by atoms with Gasteiger partial charge in [-0.05, 0) is 69.0 Å². The number of carbonyl (C=O) groups excluding carboxylic acids is 5. The Bertz CT molecular complexity index is 1420. The fraction of sp³-hybridized carbons (Fsp3) is 0.429. The van der Waals surface area contributed by atoms with E-state index < -0.39 is 54.7 Å². The minimum Gasteiger partial charge on any atom is -0.481 e. The lowest BCUT2D eigenvalue weighted by Gasteiger charge is -2.15. The molecule has 2 aromatic rings. The minimum absolute atomic E-state index is 0.0190. The average Bonchev–Trinajstić information content (AvgIpc) is 2.99. The van der Waals surface area contributed by atoms with Crippen molar-refractivity contribution in [3.63, 3.8) is 0 Å². The molecule has 2 aromatic carbocycles. The predicted molar refractivity (Wildman–Crippen MR) is 176 cm³/mol. The van der Waals surface area contributed by atoms with E-state index in [-0.39, 0.29) is 49.7 Å². The predicted octanol–water partition coefficient (Wildman–Crippen LogP) is 6.73. The van der Waals surface area contributed by atoms with Gasteiger partial charge in [-0.1, -0.05) is 24.3 Å². The van der Waals surface area contributed by atoms with Gasteiger partial charge in [-0.15, -0.1) is 0 Å². The standard InChI is InChI=1S/C35H42O15/c1-22(7-6-8-32(38)39)45-33(40)48-29-13-11-27(12-14-29)9-10-28-19-30(49-34(41)46-23(2)15-17-43-25(4)36)21-31(20-28)50-35(42)47-24(3)16-18-44-26(5)37/h9-14,19-24H,6-8,15-18H2,1-5H3,(H,38,39)/b10-9+. The van der Waals surface area contributed by atoms with Crippen LogP contribution in [0.2, 0.25) is 0 Å². The maximum atomic E-state index is 12.5. The number of hydrogen-bond donors (Lipinski definition) is 1. The van der Waals surface area contributed by atoms with Crippen molar-refractivity contribution in [3.8, 4) is 17.2 Å². The Kier molecular flexibility index (Phi) is 17.4. The highest BCUT2D eigenvalue weighted by atomic mass is 16.7. The van der Waals surface area contributed by atoms with Crippen molar-refractivity contribution in [2.45, 2.75) is 85.0 Å². The highest BCUT2D eigenvalue weighted by Gasteiger charge is 2.17. The number of esters is 2. The lowest BCUT2D eigenvalue weighted by molar-refractivity contribution is -0.142. The SMILES string of the molecule is CC(=O)OCCC(C)OC(=O)Oc1cc(/C=C/c2ccc(OC(=O)OC(C)CCCC(=O)O)cc2)cc(OC(=O)OC(C)CCOC(C)=O)c1. The molecule has 15 nitrogen and oxygen atoms in total. The third kappa shape index (κ3) is 18.1. The van der Waals surface area contributed by atoms with Crippen molar-refractivity contribution in [2.24, 2.45) is 0 Å². The molecule has 3 atom stereocenters. The largest absolute Gasteiger partial charge is 0.514 e. The summed E-state index contributed by atoms with van der Waals surface area (Å²) >= 11 is 0. The van der Waals surface area contributed by atoms with Crippen LogP contribution in [0, 0.1) is 0 Å². The summed E-state index contributed by atoms with van der Waals surface area (Å²) in [5.74, 6) is -1.67. The lowest BCUT2D eigenvalue weighted by atomic mass is 10.1. The van der Waals surface area contributed by atoms with Gasteiger partial charge in [0.1, 0.15) is 35.6 Å². The second-order valence-corrected chi connectivity index (χ2v) is 11.0. The van der Waals surface area contributed by atoms with Gasteiger partial charge in [0.25, 0.3) is 0 Å². The number of aliphatic carboxylic acids is 1. The van der Waals surface area contributed by atoms with E-state index in [1.807, 2.05) is 0 Å². The Balaban J connectivity index is 2.11. The first-order valence-electron chi connectivity index (χ1n) is 15.8. The molecule has 0 saturated carbocycles. The van der Waals surface area contributed by atoms with E-state index in [1.54, 1.807) is 57.2 Å². The maximum Gasteiger partial charge on any atom is 0.514 e. The Morgan fingerprint density at radius 2 is 1.02 bits per heavy atom. The fourth-order valence-electron chi connectivity index (χ4n) is 3.96. The van der Waals surface area contributed by atoms with Crippen molar-refractivity contribution < 1.29 is 71.8 Å². The van der Waals surface area contributed by atoms with E-state index in [1.165, 1.54) is 32.0 Å². The van der Waals surface area contributed by atoms with Crippen LogP contribution in [0.5, 0.6) is 17.2 Å². The third-order valence-corrected chi connectivity index (χ3v) is 6.41. The molecule has 0 saturated heterocycles. The summed E-state index contributed by atoms with van der Waals surface area (Å²) in [5.41, 5.74) is 1.13. The molecular weight excluding hydrogens is 660 g/mol. The van der Waals surface area contributed by atoms with Gasteiger partial charge < -0.3 is 43.0 Å². The van der Waals surface area contributed by atoms with Gasteiger partial charge in [0.2, 0.25) is 0 Å². The van der Waals surface area contributed by atoms with Crippen LogP contribution < -0.4 is 14.2 Å². The van der Waals surface area contributed by atoms with Gasteiger partial charge in [0, 0.05) is 39.2 Å². The van der Waals surface area contributed by atoms with Gasteiger partial charge in [0.15, 0.2) is 0 Å². The van der Waals surface area contributed by atoms with Crippen LogP contribution in [-0.4, -0.2) is 73.0 Å². The molecule has 0 bridgehead atoms. The molecule has 15 heteroatoms. The van der Waals surface area contributed by atoms with E-state index in [0.29, 0.717) is 24.0 Å². The van der Waals surface area contributed by atoms with E-state index in [9.17, 15) is 28.8 Å². The van der Waals surface area contributed by atoms with Crippen molar-refractivity contribution in [2.75, 3.05) is 13.2 Å². The Labute approximate surface area is 289 Å². The summed E-state index contributed by atoms with van der Waals surface area (Å²) in [7, 11) is 0. The number of benzene rings is 2. The number of rotatable bonds is 18. The highest BCUT2D eigenvalue weighted by Crippen LogP contribution is 2.26. The first kappa shape index (κ1) is 40.6. The van der Waals surface area contributed by atoms with E-state index in [0.717, 1.165) is 0 Å². The molecule has 0 heterocycles. The molecule has 0 amide bonds. The van der Waals surface area contributed by atoms with E-state index in [2.05, 4.69) is 0 Å². The normalized spacial score (nSPS) is 12.5. The smallest absolute Gasteiger partial charge is 0.481 e. The van der Waals surface area contributed by atoms with Crippen LogP contribution in [0.1, 0.15) is 77.8 Å². The number of carbonyl (C=O) groups is 6.